The topological polar surface area (TPSA) is 61.4 Å². The van der Waals surface area contributed by atoms with Crippen LogP contribution in [0.1, 0.15) is 19.8 Å². The molecule has 1 heterocycles. The number of thioether (sulfide) groups is 1. The van der Waals surface area contributed by atoms with Crippen molar-refractivity contribution in [1.29, 1.82) is 0 Å². The highest BCUT2D eigenvalue weighted by Gasteiger charge is 2.22. The summed E-state index contributed by atoms with van der Waals surface area (Å²) in [6.07, 6.45) is 3.99. The van der Waals surface area contributed by atoms with E-state index in [4.69, 9.17) is 0 Å². The lowest BCUT2D eigenvalue weighted by atomic mass is 10.1. The molecule has 1 aromatic carbocycles. The van der Waals surface area contributed by atoms with Gasteiger partial charge in [0.2, 0.25) is 11.8 Å². The van der Waals surface area contributed by atoms with Crippen molar-refractivity contribution in [2.24, 2.45) is 0 Å². The quantitative estimate of drug-likeness (QED) is 0.814. The first-order valence-corrected chi connectivity index (χ1v) is 8.72. The van der Waals surface area contributed by atoms with Gasteiger partial charge in [0.15, 0.2) is 0 Å². The van der Waals surface area contributed by atoms with Crippen molar-refractivity contribution in [3.8, 4) is 0 Å². The Morgan fingerprint density at radius 3 is 2.95 bits per heavy atom. The molecule has 1 aromatic rings. The smallest absolute Gasteiger partial charge is 0.238 e. The minimum atomic E-state index is -0.0123. The highest BCUT2D eigenvalue weighted by atomic mass is 32.2. The van der Waals surface area contributed by atoms with Crippen molar-refractivity contribution >= 4 is 29.3 Å². The zero-order valence-electron chi connectivity index (χ0n) is 13.1. The van der Waals surface area contributed by atoms with Gasteiger partial charge in [-0.15, -0.1) is 11.8 Å². The second-order valence-corrected chi connectivity index (χ2v) is 6.43. The van der Waals surface area contributed by atoms with Crippen molar-refractivity contribution in [3.63, 3.8) is 0 Å². The third-order valence-corrected chi connectivity index (χ3v) is 4.36. The second-order valence-electron chi connectivity index (χ2n) is 5.55. The molecule has 1 unspecified atom stereocenters. The van der Waals surface area contributed by atoms with Gasteiger partial charge in [0.05, 0.1) is 6.54 Å². The average molecular weight is 321 g/mol. The summed E-state index contributed by atoms with van der Waals surface area (Å²) < 4.78 is 0. The number of carbonyl (C=O) groups excluding carboxylic acids is 2. The van der Waals surface area contributed by atoms with Crippen LogP contribution in [0.4, 0.5) is 5.69 Å². The van der Waals surface area contributed by atoms with Gasteiger partial charge in [0, 0.05) is 30.1 Å². The lowest BCUT2D eigenvalue weighted by Gasteiger charge is -2.32. The summed E-state index contributed by atoms with van der Waals surface area (Å²) in [7, 11) is 0. The normalized spacial score (nSPS) is 18.7. The monoisotopic (exact) mass is 321 g/mol. The summed E-state index contributed by atoms with van der Waals surface area (Å²) in [5.74, 6) is -0.0214. The number of carbonyl (C=O) groups is 2. The van der Waals surface area contributed by atoms with E-state index in [9.17, 15) is 9.59 Å². The first-order valence-electron chi connectivity index (χ1n) is 7.50. The predicted molar refractivity (Wildman–Crippen MR) is 90.1 cm³/mol. The van der Waals surface area contributed by atoms with Crippen molar-refractivity contribution < 1.29 is 9.59 Å². The number of rotatable bonds is 5. The van der Waals surface area contributed by atoms with Crippen LogP contribution >= 0.6 is 11.8 Å². The third-order valence-electron chi connectivity index (χ3n) is 3.63. The molecule has 0 bridgehead atoms. The molecule has 1 fully saturated rings. The van der Waals surface area contributed by atoms with Crippen LogP contribution in [-0.2, 0) is 9.59 Å². The molecule has 0 radical (unpaired) electrons. The number of amides is 2. The van der Waals surface area contributed by atoms with Crippen LogP contribution in [0.3, 0.4) is 0 Å². The highest BCUT2D eigenvalue weighted by molar-refractivity contribution is 7.98. The Morgan fingerprint density at radius 2 is 2.23 bits per heavy atom. The van der Waals surface area contributed by atoms with Crippen LogP contribution in [0.15, 0.2) is 29.2 Å². The summed E-state index contributed by atoms with van der Waals surface area (Å²) in [4.78, 5) is 26.5. The molecule has 2 amide bonds. The van der Waals surface area contributed by atoms with E-state index in [1.165, 1.54) is 6.92 Å². The molecular formula is C16H23N3O2S. The maximum absolute atomic E-state index is 12.2. The molecule has 6 heteroatoms. The standard InChI is InChI=1S/C16H23N3O2S/c1-12(20)17-14-6-4-8-19(10-14)11-16(21)18-13-5-3-7-15(9-13)22-2/h3,5,7,9,14H,4,6,8,10-11H2,1-2H3,(H,17,20)(H,18,21). The van der Waals surface area contributed by atoms with E-state index in [1.54, 1.807) is 11.8 Å². The maximum atomic E-state index is 12.2. The molecule has 22 heavy (non-hydrogen) atoms. The van der Waals surface area contributed by atoms with Gasteiger partial charge >= 0.3 is 0 Å². The molecular weight excluding hydrogens is 298 g/mol. The first kappa shape index (κ1) is 16.8. The summed E-state index contributed by atoms with van der Waals surface area (Å²) in [6.45, 7) is 3.52. The number of nitrogens with zero attached hydrogens (tertiary/aromatic N) is 1. The van der Waals surface area contributed by atoms with Gasteiger partial charge in [-0.2, -0.15) is 0 Å². The summed E-state index contributed by atoms with van der Waals surface area (Å²) in [5.41, 5.74) is 0.826. The van der Waals surface area contributed by atoms with E-state index in [2.05, 4.69) is 15.5 Å². The molecule has 0 aliphatic carbocycles. The fourth-order valence-corrected chi connectivity index (χ4v) is 3.17. The van der Waals surface area contributed by atoms with Crippen LogP contribution in [0.25, 0.3) is 0 Å². The zero-order valence-corrected chi connectivity index (χ0v) is 13.9. The van der Waals surface area contributed by atoms with E-state index in [1.807, 2.05) is 30.5 Å². The third kappa shape index (κ3) is 5.35. The molecule has 120 valence electrons. The summed E-state index contributed by atoms with van der Waals surface area (Å²) in [5, 5.41) is 5.87. The predicted octanol–water partition coefficient (Wildman–Crippen LogP) is 1.95. The number of piperidine rings is 1. The SMILES string of the molecule is CSc1cccc(NC(=O)CN2CCCC(NC(C)=O)C2)c1. The van der Waals surface area contributed by atoms with Gasteiger partial charge in [0.1, 0.15) is 0 Å². The molecule has 0 saturated carbocycles. The molecule has 0 aromatic heterocycles. The van der Waals surface area contributed by atoms with Crippen LogP contribution in [0, 0.1) is 0 Å². The van der Waals surface area contributed by atoms with Gasteiger partial charge in [-0.3, -0.25) is 14.5 Å². The van der Waals surface area contributed by atoms with Gasteiger partial charge < -0.3 is 10.6 Å². The Labute approximate surface area is 135 Å². The Bertz CT molecular complexity index is 536. The van der Waals surface area contributed by atoms with Crippen molar-refractivity contribution in [1.82, 2.24) is 10.2 Å². The van der Waals surface area contributed by atoms with Crippen molar-refractivity contribution in [2.45, 2.75) is 30.7 Å². The molecule has 2 rings (SSSR count). The fraction of sp³-hybridized carbons (Fsp3) is 0.500. The number of nitrogens with one attached hydrogen (secondary N) is 2. The van der Waals surface area contributed by atoms with E-state index in [0.29, 0.717) is 6.54 Å². The van der Waals surface area contributed by atoms with E-state index in [0.717, 1.165) is 36.5 Å². The van der Waals surface area contributed by atoms with Crippen molar-refractivity contribution in [3.05, 3.63) is 24.3 Å². The largest absolute Gasteiger partial charge is 0.352 e. The molecule has 2 N–H and O–H groups in total. The Balaban J connectivity index is 1.84. The number of anilines is 1. The summed E-state index contributed by atoms with van der Waals surface area (Å²) >= 11 is 1.65. The van der Waals surface area contributed by atoms with Crippen LogP contribution in [0.5, 0.6) is 0 Å². The fourth-order valence-electron chi connectivity index (χ4n) is 2.71. The number of hydrogen-bond donors (Lipinski definition) is 2. The van der Waals surface area contributed by atoms with Crippen molar-refractivity contribution in [2.75, 3.05) is 31.2 Å². The maximum Gasteiger partial charge on any atom is 0.238 e. The van der Waals surface area contributed by atoms with E-state index < -0.39 is 0 Å². The zero-order chi connectivity index (χ0) is 15.9. The molecule has 0 spiro atoms. The van der Waals surface area contributed by atoms with Crippen LogP contribution in [-0.4, -0.2) is 48.6 Å². The lowest BCUT2D eigenvalue weighted by molar-refractivity contribution is -0.120. The Hall–Kier alpha value is -1.53. The average Bonchev–Trinajstić information content (AvgIpc) is 2.47. The minimum absolute atomic E-state index is 0.00909. The number of benzene rings is 1. The van der Waals surface area contributed by atoms with Gasteiger partial charge in [-0.05, 0) is 43.8 Å². The lowest BCUT2D eigenvalue weighted by Crippen LogP contribution is -2.49. The van der Waals surface area contributed by atoms with Gasteiger partial charge in [0.25, 0.3) is 0 Å². The molecule has 1 aliphatic rings. The molecule has 5 nitrogen and oxygen atoms in total. The van der Waals surface area contributed by atoms with Crippen LogP contribution in [0.2, 0.25) is 0 Å². The second kappa shape index (κ2) is 8.19. The van der Waals surface area contributed by atoms with Gasteiger partial charge in [-0.1, -0.05) is 6.07 Å². The highest BCUT2D eigenvalue weighted by Crippen LogP contribution is 2.19. The molecule has 1 atom stereocenters. The minimum Gasteiger partial charge on any atom is -0.352 e. The molecule has 1 saturated heterocycles. The van der Waals surface area contributed by atoms with Crippen LogP contribution < -0.4 is 10.6 Å². The molecule has 1 aliphatic heterocycles. The first-order chi connectivity index (χ1) is 10.6. The number of hydrogen-bond acceptors (Lipinski definition) is 4. The van der Waals surface area contributed by atoms with Gasteiger partial charge in [-0.25, -0.2) is 0 Å². The van der Waals surface area contributed by atoms with E-state index in [-0.39, 0.29) is 17.9 Å². The summed E-state index contributed by atoms with van der Waals surface area (Å²) in [6, 6.07) is 7.98. The Kier molecular flexibility index (Phi) is 6.27. The Morgan fingerprint density at radius 1 is 1.41 bits per heavy atom. The number of likely N-dealkylation sites (tertiary alicyclic amines) is 1. The van der Waals surface area contributed by atoms with E-state index >= 15 is 0 Å².